The van der Waals surface area contributed by atoms with E-state index >= 15 is 0 Å². The Balaban J connectivity index is 1.73. The Labute approximate surface area is 165 Å². The first-order chi connectivity index (χ1) is 12.8. The van der Waals surface area contributed by atoms with E-state index in [0.29, 0.717) is 0 Å². The number of rotatable bonds is 18. The molecule has 150 valence electrons. The van der Waals surface area contributed by atoms with E-state index in [9.17, 15) is 0 Å². The lowest BCUT2D eigenvalue weighted by Crippen LogP contribution is -1.87. The van der Waals surface area contributed by atoms with Gasteiger partial charge in [0.25, 0.3) is 0 Å². The maximum atomic E-state index is 2.34. The molecule has 0 aromatic heterocycles. The largest absolute Gasteiger partial charge is 0.0654 e. The SMILES string of the molecule is CCCCCCCCCCCCCCCCCCCc1cccc(C)c1. The van der Waals surface area contributed by atoms with Crippen LogP contribution in [0.15, 0.2) is 24.3 Å². The zero-order valence-electron chi connectivity index (χ0n) is 18.0. The highest BCUT2D eigenvalue weighted by Gasteiger charge is 1.96. The van der Waals surface area contributed by atoms with Gasteiger partial charge in [-0.1, -0.05) is 139 Å². The van der Waals surface area contributed by atoms with E-state index in [1.807, 2.05) is 0 Å². The molecule has 0 fully saturated rings. The molecule has 1 aromatic rings. The molecule has 26 heavy (non-hydrogen) atoms. The summed E-state index contributed by atoms with van der Waals surface area (Å²) in [6.45, 7) is 4.49. The van der Waals surface area contributed by atoms with Crippen molar-refractivity contribution in [3.63, 3.8) is 0 Å². The molecular weight excluding hydrogens is 312 g/mol. The van der Waals surface area contributed by atoms with Gasteiger partial charge in [-0.3, -0.25) is 0 Å². The molecule has 0 unspecified atom stereocenters. The van der Waals surface area contributed by atoms with Crippen LogP contribution in [0.25, 0.3) is 0 Å². The van der Waals surface area contributed by atoms with E-state index < -0.39 is 0 Å². The molecule has 0 heteroatoms. The minimum atomic E-state index is 1.26. The number of aryl methyl sites for hydroxylation is 2. The summed E-state index contributed by atoms with van der Waals surface area (Å²) in [5.74, 6) is 0. The van der Waals surface area contributed by atoms with E-state index in [1.165, 1.54) is 127 Å². The molecule has 0 heterocycles. The molecule has 0 nitrogen and oxygen atoms in total. The Kier molecular flexibility index (Phi) is 15.8. The van der Waals surface area contributed by atoms with Gasteiger partial charge in [0.15, 0.2) is 0 Å². The molecular formula is C26H46. The van der Waals surface area contributed by atoms with Gasteiger partial charge in [0.2, 0.25) is 0 Å². The van der Waals surface area contributed by atoms with E-state index in [0.717, 1.165) is 0 Å². The van der Waals surface area contributed by atoms with Crippen molar-refractivity contribution in [3.05, 3.63) is 35.4 Å². The quantitative estimate of drug-likeness (QED) is 0.229. The van der Waals surface area contributed by atoms with Gasteiger partial charge in [-0.15, -0.1) is 0 Å². The Hall–Kier alpha value is -0.780. The van der Waals surface area contributed by atoms with E-state index in [4.69, 9.17) is 0 Å². The summed E-state index contributed by atoms with van der Waals surface area (Å²) in [6.07, 6.45) is 25.9. The van der Waals surface area contributed by atoms with Crippen LogP contribution in [0.2, 0.25) is 0 Å². The van der Waals surface area contributed by atoms with Crippen LogP contribution in [0.3, 0.4) is 0 Å². The van der Waals surface area contributed by atoms with Gasteiger partial charge in [0, 0.05) is 0 Å². The zero-order valence-corrected chi connectivity index (χ0v) is 18.0. The molecule has 0 saturated heterocycles. The minimum Gasteiger partial charge on any atom is -0.0654 e. The van der Waals surface area contributed by atoms with Crippen molar-refractivity contribution in [2.24, 2.45) is 0 Å². The van der Waals surface area contributed by atoms with Crippen LogP contribution in [-0.2, 0) is 6.42 Å². The summed E-state index contributed by atoms with van der Waals surface area (Å²) in [5.41, 5.74) is 2.92. The molecule has 0 saturated carbocycles. The van der Waals surface area contributed by atoms with Crippen LogP contribution in [0.1, 0.15) is 127 Å². The highest BCUT2D eigenvalue weighted by molar-refractivity contribution is 5.22. The third-order valence-corrected chi connectivity index (χ3v) is 5.65. The second kappa shape index (κ2) is 17.6. The number of benzene rings is 1. The van der Waals surface area contributed by atoms with Crippen LogP contribution in [0, 0.1) is 6.92 Å². The average molecular weight is 359 g/mol. The van der Waals surface area contributed by atoms with Gasteiger partial charge in [0.05, 0.1) is 0 Å². The van der Waals surface area contributed by atoms with Crippen LogP contribution < -0.4 is 0 Å². The van der Waals surface area contributed by atoms with Crippen LogP contribution >= 0.6 is 0 Å². The minimum absolute atomic E-state index is 1.26. The van der Waals surface area contributed by atoms with Crippen LogP contribution in [0.5, 0.6) is 0 Å². The lowest BCUT2D eigenvalue weighted by molar-refractivity contribution is 0.527. The summed E-state index contributed by atoms with van der Waals surface area (Å²) in [7, 11) is 0. The molecule has 1 rings (SSSR count). The molecule has 0 aliphatic rings. The maximum absolute atomic E-state index is 2.34. The predicted octanol–water partition coefficient (Wildman–Crippen LogP) is 9.19. The van der Waals surface area contributed by atoms with Crippen LogP contribution in [0.4, 0.5) is 0 Å². The van der Waals surface area contributed by atoms with Gasteiger partial charge in [0.1, 0.15) is 0 Å². The fourth-order valence-electron chi connectivity index (χ4n) is 3.92. The van der Waals surface area contributed by atoms with Gasteiger partial charge in [-0.25, -0.2) is 0 Å². The lowest BCUT2D eigenvalue weighted by atomic mass is 10.0. The van der Waals surface area contributed by atoms with Gasteiger partial charge >= 0.3 is 0 Å². The maximum Gasteiger partial charge on any atom is -0.0279 e. The van der Waals surface area contributed by atoms with E-state index in [2.05, 4.69) is 38.1 Å². The lowest BCUT2D eigenvalue weighted by Gasteiger charge is -2.04. The first-order valence-corrected chi connectivity index (χ1v) is 11.9. The Bertz CT molecular complexity index is 406. The third-order valence-electron chi connectivity index (χ3n) is 5.65. The predicted molar refractivity (Wildman–Crippen MR) is 119 cm³/mol. The van der Waals surface area contributed by atoms with Crippen molar-refractivity contribution in [2.75, 3.05) is 0 Å². The second-order valence-corrected chi connectivity index (χ2v) is 8.40. The molecule has 0 aliphatic carbocycles. The number of hydrogen-bond acceptors (Lipinski definition) is 0. The average Bonchev–Trinajstić information content (AvgIpc) is 2.64. The van der Waals surface area contributed by atoms with Crippen molar-refractivity contribution in [3.8, 4) is 0 Å². The number of unbranched alkanes of at least 4 members (excludes halogenated alkanes) is 16. The topological polar surface area (TPSA) is 0 Å². The smallest absolute Gasteiger partial charge is 0.0279 e. The summed E-state index contributed by atoms with van der Waals surface area (Å²) >= 11 is 0. The van der Waals surface area contributed by atoms with E-state index in [1.54, 1.807) is 0 Å². The van der Waals surface area contributed by atoms with Crippen molar-refractivity contribution in [1.82, 2.24) is 0 Å². The molecule has 0 radical (unpaired) electrons. The standard InChI is InChI=1S/C26H46/c1-3-4-5-6-7-8-9-10-11-12-13-14-15-16-17-18-19-22-26-23-20-21-25(2)24-26/h20-21,23-24H,3-19,22H2,1-2H3. The summed E-state index contributed by atoms with van der Waals surface area (Å²) in [5, 5.41) is 0. The first kappa shape index (κ1) is 23.3. The fourth-order valence-corrected chi connectivity index (χ4v) is 3.92. The Morgan fingerprint density at radius 3 is 1.38 bits per heavy atom. The molecule has 0 aliphatic heterocycles. The van der Waals surface area contributed by atoms with Gasteiger partial charge < -0.3 is 0 Å². The zero-order chi connectivity index (χ0) is 18.7. The Morgan fingerprint density at radius 2 is 0.962 bits per heavy atom. The fraction of sp³-hybridized carbons (Fsp3) is 0.769. The van der Waals surface area contributed by atoms with Crippen LogP contribution in [-0.4, -0.2) is 0 Å². The van der Waals surface area contributed by atoms with Crippen molar-refractivity contribution in [2.45, 2.75) is 129 Å². The normalized spacial score (nSPS) is 11.2. The summed E-state index contributed by atoms with van der Waals surface area (Å²) < 4.78 is 0. The molecule has 0 bridgehead atoms. The second-order valence-electron chi connectivity index (χ2n) is 8.40. The Morgan fingerprint density at radius 1 is 0.538 bits per heavy atom. The van der Waals surface area contributed by atoms with Crippen molar-refractivity contribution >= 4 is 0 Å². The first-order valence-electron chi connectivity index (χ1n) is 11.9. The van der Waals surface area contributed by atoms with E-state index in [-0.39, 0.29) is 0 Å². The van der Waals surface area contributed by atoms with Crippen molar-refractivity contribution < 1.29 is 0 Å². The monoisotopic (exact) mass is 358 g/mol. The molecule has 1 aromatic carbocycles. The third kappa shape index (κ3) is 14.4. The number of hydrogen-bond donors (Lipinski definition) is 0. The van der Waals surface area contributed by atoms with Gasteiger partial charge in [-0.2, -0.15) is 0 Å². The highest BCUT2D eigenvalue weighted by atomic mass is 14.0. The molecule has 0 N–H and O–H groups in total. The molecule has 0 amide bonds. The van der Waals surface area contributed by atoms with Crippen molar-refractivity contribution in [1.29, 1.82) is 0 Å². The highest BCUT2D eigenvalue weighted by Crippen LogP contribution is 2.15. The summed E-state index contributed by atoms with van der Waals surface area (Å²) in [4.78, 5) is 0. The summed E-state index contributed by atoms with van der Waals surface area (Å²) in [6, 6.07) is 9.00. The molecule has 0 atom stereocenters. The molecule has 0 spiro atoms. The van der Waals surface area contributed by atoms with Gasteiger partial charge in [-0.05, 0) is 25.3 Å².